The zero-order chi connectivity index (χ0) is 18.8. The van der Waals surface area contributed by atoms with Gasteiger partial charge in [0, 0.05) is 36.8 Å². The molecule has 0 atom stereocenters. The van der Waals surface area contributed by atoms with E-state index in [1.165, 1.54) is 0 Å². The number of piperidine rings is 1. The molecule has 0 bridgehead atoms. The topological polar surface area (TPSA) is 83.0 Å². The van der Waals surface area contributed by atoms with Gasteiger partial charge in [-0.25, -0.2) is 15.0 Å². The monoisotopic (exact) mass is 382 g/mol. The maximum absolute atomic E-state index is 12.5. The number of hydrogen-bond acceptors (Lipinski definition) is 7. The number of rotatable bonds is 4. The second-order valence-corrected chi connectivity index (χ2v) is 7.84. The summed E-state index contributed by atoms with van der Waals surface area (Å²) in [4.78, 5) is 29.2. The number of nitrogens with one attached hydrogen (secondary N) is 2. The van der Waals surface area contributed by atoms with Crippen LogP contribution in [-0.2, 0) is 4.79 Å². The Balaban J connectivity index is 1.54. The molecule has 0 aliphatic carbocycles. The average molecular weight is 382 g/mol. The Labute approximate surface area is 161 Å². The van der Waals surface area contributed by atoms with Crippen molar-refractivity contribution in [2.24, 2.45) is 5.92 Å². The fourth-order valence-corrected chi connectivity index (χ4v) is 3.97. The summed E-state index contributed by atoms with van der Waals surface area (Å²) in [6, 6.07) is 5.80. The number of thiazole rings is 1. The number of aromatic nitrogens is 3. The van der Waals surface area contributed by atoms with Gasteiger partial charge in [-0.3, -0.25) is 4.79 Å². The molecule has 3 aromatic heterocycles. The lowest BCUT2D eigenvalue weighted by molar-refractivity contribution is -0.121. The number of nitrogens with zero attached hydrogens (tertiary/aromatic N) is 4. The third kappa shape index (κ3) is 3.91. The second kappa shape index (κ2) is 7.58. The minimum Gasteiger partial charge on any atom is -0.365 e. The molecule has 7 nitrogen and oxygen atoms in total. The van der Waals surface area contributed by atoms with E-state index in [0.717, 1.165) is 52.5 Å². The number of anilines is 2. The van der Waals surface area contributed by atoms with Crippen molar-refractivity contribution in [2.75, 3.05) is 37.8 Å². The van der Waals surface area contributed by atoms with Gasteiger partial charge in [-0.2, -0.15) is 0 Å². The van der Waals surface area contributed by atoms with E-state index in [1.807, 2.05) is 31.4 Å². The highest BCUT2D eigenvalue weighted by Gasteiger charge is 2.23. The lowest BCUT2D eigenvalue weighted by Gasteiger charge is -2.27. The van der Waals surface area contributed by atoms with Crippen LogP contribution < -0.4 is 10.6 Å². The van der Waals surface area contributed by atoms with Crippen molar-refractivity contribution in [3.05, 3.63) is 30.6 Å². The van der Waals surface area contributed by atoms with Gasteiger partial charge in [0.25, 0.3) is 0 Å². The van der Waals surface area contributed by atoms with E-state index in [0.29, 0.717) is 5.82 Å². The molecule has 4 heterocycles. The fraction of sp³-hybridized carbons (Fsp3) is 0.368. The molecule has 1 amide bonds. The molecule has 0 saturated carbocycles. The lowest BCUT2D eigenvalue weighted by Crippen LogP contribution is -2.36. The number of amides is 1. The molecule has 8 heteroatoms. The molecule has 0 unspecified atom stereocenters. The molecule has 0 aromatic carbocycles. The molecule has 4 rings (SSSR count). The Hall–Kier alpha value is -2.58. The Morgan fingerprint density at radius 3 is 2.78 bits per heavy atom. The van der Waals surface area contributed by atoms with Crippen LogP contribution in [0, 0.1) is 5.92 Å². The van der Waals surface area contributed by atoms with E-state index in [9.17, 15) is 4.79 Å². The van der Waals surface area contributed by atoms with Crippen LogP contribution in [0.25, 0.3) is 21.5 Å². The van der Waals surface area contributed by atoms with Crippen LogP contribution >= 0.6 is 11.3 Å². The Morgan fingerprint density at radius 1 is 1.22 bits per heavy atom. The summed E-state index contributed by atoms with van der Waals surface area (Å²) in [6.45, 7) is 1.91. The van der Waals surface area contributed by atoms with Crippen LogP contribution in [0.3, 0.4) is 0 Å². The third-order valence-electron chi connectivity index (χ3n) is 4.89. The first-order valence-electron chi connectivity index (χ1n) is 9.02. The van der Waals surface area contributed by atoms with Gasteiger partial charge in [0.15, 0.2) is 5.13 Å². The molecular formula is C19H22N6OS. The minimum absolute atomic E-state index is 0.0484. The summed E-state index contributed by atoms with van der Waals surface area (Å²) in [5.41, 5.74) is 1.67. The Kier molecular flexibility index (Phi) is 5.00. The minimum atomic E-state index is 0.0484. The van der Waals surface area contributed by atoms with Crippen molar-refractivity contribution in [1.29, 1.82) is 0 Å². The van der Waals surface area contributed by atoms with Gasteiger partial charge in [-0.05, 0) is 45.1 Å². The van der Waals surface area contributed by atoms with Gasteiger partial charge < -0.3 is 15.5 Å². The largest absolute Gasteiger partial charge is 0.365 e. The number of likely N-dealkylation sites (tertiary alicyclic amines) is 1. The van der Waals surface area contributed by atoms with Crippen LogP contribution in [0.1, 0.15) is 12.8 Å². The zero-order valence-electron chi connectivity index (χ0n) is 15.4. The summed E-state index contributed by atoms with van der Waals surface area (Å²) < 4.78 is 0. The number of carbonyl (C=O) groups is 1. The van der Waals surface area contributed by atoms with Crippen molar-refractivity contribution >= 4 is 39.1 Å². The molecule has 1 aliphatic heterocycles. The standard InChI is InChI=1S/C19H22N6OS/c1-20-19-22-11-16(27-19)14-4-3-13-10-21-17(9-15(13)23-14)24-18(26)12-5-7-25(2)8-6-12/h3-4,9-12H,5-8H2,1-2H3,(H,20,22)(H,21,24,26). The third-order valence-corrected chi connectivity index (χ3v) is 5.92. The summed E-state index contributed by atoms with van der Waals surface area (Å²) in [5, 5.41) is 7.79. The van der Waals surface area contributed by atoms with E-state index in [1.54, 1.807) is 17.5 Å². The van der Waals surface area contributed by atoms with Crippen molar-refractivity contribution in [2.45, 2.75) is 12.8 Å². The number of carbonyl (C=O) groups excluding carboxylic acids is 1. The van der Waals surface area contributed by atoms with Crippen LogP contribution in [-0.4, -0.2) is 52.9 Å². The zero-order valence-corrected chi connectivity index (χ0v) is 16.2. The normalized spacial score (nSPS) is 15.8. The maximum Gasteiger partial charge on any atom is 0.228 e. The highest BCUT2D eigenvalue weighted by Crippen LogP contribution is 2.29. The van der Waals surface area contributed by atoms with Gasteiger partial charge in [-0.15, -0.1) is 0 Å². The second-order valence-electron chi connectivity index (χ2n) is 6.81. The maximum atomic E-state index is 12.5. The summed E-state index contributed by atoms with van der Waals surface area (Å²) in [7, 11) is 3.94. The molecule has 3 aromatic rings. The Morgan fingerprint density at radius 2 is 2.04 bits per heavy atom. The van der Waals surface area contributed by atoms with Gasteiger partial charge in [0.1, 0.15) is 5.82 Å². The predicted molar refractivity (Wildman–Crippen MR) is 109 cm³/mol. The van der Waals surface area contributed by atoms with Gasteiger partial charge in [0.05, 0.1) is 16.1 Å². The van der Waals surface area contributed by atoms with E-state index >= 15 is 0 Å². The molecule has 1 aliphatic rings. The Bertz CT molecular complexity index is 964. The highest BCUT2D eigenvalue weighted by molar-refractivity contribution is 7.18. The van der Waals surface area contributed by atoms with Crippen molar-refractivity contribution in [3.63, 3.8) is 0 Å². The number of pyridine rings is 2. The predicted octanol–water partition coefficient (Wildman–Crippen LogP) is 3.08. The number of hydrogen-bond donors (Lipinski definition) is 2. The molecule has 0 radical (unpaired) electrons. The van der Waals surface area contributed by atoms with Crippen molar-refractivity contribution in [1.82, 2.24) is 19.9 Å². The van der Waals surface area contributed by atoms with Gasteiger partial charge in [-0.1, -0.05) is 11.3 Å². The van der Waals surface area contributed by atoms with E-state index in [-0.39, 0.29) is 11.8 Å². The van der Waals surface area contributed by atoms with Crippen LogP contribution in [0.5, 0.6) is 0 Å². The first kappa shape index (κ1) is 17.8. The van der Waals surface area contributed by atoms with Gasteiger partial charge >= 0.3 is 0 Å². The summed E-state index contributed by atoms with van der Waals surface area (Å²) in [6.07, 6.45) is 5.34. The smallest absolute Gasteiger partial charge is 0.228 e. The number of fused-ring (bicyclic) bond motifs is 1. The first-order valence-corrected chi connectivity index (χ1v) is 9.84. The van der Waals surface area contributed by atoms with E-state index in [2.05, 4.69) is 32.5 Å². The molecular weight excluding hydrogens is 360 g/mol. The van der Waals surface area contributed by atoms with E-state index < -0.39 is 0 Å². The molecule has 27 heavy (non-hydrogen) atoms. The van der Waals surface area contributed by atoms with Crippen LogP contribution in [0.4, 0.5) is 10.9 Å². The quantitative estimate of drug-likeness (QED) is 0.722. The molecule has 140 valence electrons. The molecule has 1 saturated heterocycles. The molecule has 1 fully saturated rings. The summed E-state index contributed by atoms with van der Waals surface area (Å²) >= 11 is 1.55. The van der Waals surface area contributed by atoms with Crippen LogP contribution in [0.2, 0.25) is 0 Å². The molecule has 2 N–H and O–H groups in total. The first-order chi connectivity index (χ1) is 13.1. The van der Waals surface area contributed by atoms with Crippen LogP contribution in [0.15, 0.2) is 30.6 Å². The summed E-state index contributed by atoms with van der Waals surface area (Å²) in [5.74, 6) is 0.652. The highest BCUT2D eigenvalue weighted by atomic mass is 32.1. The SMILES string of the molecule is CNc1ncc(-c2ccc3cnc(NC(=O)C4CCN(C)CC4)cc3n2)s1. The van der Waals surface area contributed by atoms with E-state index in [4.69, 9.17) is 4.98 Å². The van der Waals surface area contributed by atoms with Gasteiger partial charge in [0.2, 0.25) is 5.91 Å². The molecule has 0 spiro atoms. The average Bonchev–Trinajstić information content (AvgIpc) is 3.17. The van der Waals surface area contributed by atoms with Crippen molar-refractivity contribution < 1.29 is 4.79 Å². The van der Waals surface area contributed by atoms with Crippen molar-refractivity contribution in [3.8, 4) is 10.6 Å². The fourth-order valence-electron chi connectivity index (χ4n) is 3.23. The lowest BCUT2D eigenvalue weighted by atomic mass is 9.96.